The quantitative estimate of drug-likeness (QED) is 0.577. The van der Waals surface area contributed by atoms with Crippen LogP contribution in [0.3, 0.4) is 0 Å². The van der Waals surface area contributed by atoms with Crippen molar-refractivity contribution in [2.45, 2.75) is 64.2 Å². The molecule has 1 aromatic rings. The van der Waals surface area contributed by atoms with Gasteiger partial charge in [0, 0.05) is 43.2 Å². The minimum absolute atomic E-state index is 0.279. The number of thioether (sulfide) groups is 1. The first-order valence-corrected chi connectivity index (χ1v) is 11.3. The summed E-state index contributed by atoms with van der Waals surface area (Å²) >= 11 is 2.02. The molecule has 1 aromatic carbocycles. The van der Waals surface area contributed by atoms with Gasteiger partial charge in [0.1, 0.15) is 0 Å². The van der Waals surface area contributed by atoms with Gasteiger partial charge >= 0.3 is 0 Å². The molecule has 0 aliphatic heterocycles. The Morgan fingerprint density at radius 3 is 2.44 bits per heavy atom. The van der Waals surface area contributed by atoms with Crippen LogP contribution in [0.5, 0.6) is 0 Å². The van der Waals surface area contributed by atoms with Crippen LogP contribution < -0.4 is 5.32 Å². The minimum Gasteiger partial charge on any atom is -0.315 e. The second-order valence-electron chi connectivity index (χ2n) is 8.41. The normalized spacial score (nSPS) is 16.5. The lowest BCUT2D eigenvalue weighted by atomic mass is 9.88. The van der Waals surface area contributed by atoms with Crippen LogP contribution in [0, 0.1) is 5.92 Å². The van der Waals surface area contributed by atoms with Crippen LogP contribution in [0.4, 0.5) is 0 Å². The molecule has 0 saturated heterocycles. The highest BCUT2D eigenvalue weighted by Gasteiger charge is 2.24. The van der Waals surface area contributed by atoms with Crippen molar-refractivity contribution in [2.75, 3.05) is 31.9 Å². The molecule has 0 amide bonds. The van der Waals surface area contributed by atoms with Crippen molar-refractivity contribution in [3.63, 3.8) is 0 Å². The third kappa shape index (κ3) is 8.61. The fourth-order valence-corrected chi connectivity index (χ4v) is 4.49. The number of hydrogen-bond acceptors (Lipinski definition) is 3. The van der Waals surface area contributed by atoms with Gasteiger partial charge in [-0.1, -0.05) is 49.6 Å². The van der Waals surface area contributed by atoms with E-state index in [1.807, 2.05) is 11.8 Å². The molecule has 0 bridgehead atoms. The van der Waals surface area contributed by atoms with Gasteiger partial charge in [-0.25, -0.2) is 0 Å². The topological polar surface area (TPSA) is 15.3 Å². The minimum atomic E-state index is 0.279. The van der Waals surface area contributed by atoms with Crippen molar-refractivity contribution in [3.05, 3.63) is 35.9 Å². The van der Waals surface area contributed by atoms with Crippen molar-refractivity contribution in [3.8, 4) is 0 Å². The molecular formula is C22H38N2S. The van der Waals surface area contributed by atoms with Crippen LogP contribution in [0.15, 0.2) is 30.3 Å². The Balaban J connectivity index is 1.58. The first-order valence-electron chi connectivity index (χ1n) is 10.1. The molecule has 3 heteroatoms. The monoisotopic (exact) mass is 362 g/mol. The first-order chi connectivity index (χ1) is 12.1. The molecule has 0 unspecified atom stereocenters. The molecule has 25 heavy (non-hydrogen) atoms. The second-order valence-corrected chi connectivity index (χ2v) is 9.51. The van der Waals surface area contributed by atoms with Gasteiger partial charge < -0.3 is 5.32 Å². The van der Waals surface area contributed by atoms with Gasteiger partial charge in [-0.15, -0.1) is 0 Å². The lowest BCUT2D eigenvalue weighted by molar-refractivity contribution is 0.103. The predicted octanol–water partition coefficient (Wildman–Crippen LogP) is 5.19. The molecule has 1 N–H and O–H groups in total. The summed E-state index contributed by atoms with van der Waals surface area (Å²) in [4.78, 5) is 2.70. The smallest absolute Gasteiger partial charge is 0.0185 e. The van der Waals surface area contributed by atoms with E-state index >= 15 is 0 Å². The van der Waals surface area contributed by atoms with Gasteiger partial charge in [-0.2, -0.15) is 11.8 Å². The highest BCUT2D eigenvalue weighted by atomic mass is 32.2. The van der Waals surface area contributed by atoms with E-state index in [4.69, 9.17) is 0 Å². The standard InChI is InChI=1S/C22H38N2S/c1-22(2,3)24(18-20-10-6-4-7-11-20)16-14-23-15-17-25-19-21-12-8-5-9-13-21/h5,8-9,12-13,20,23H,4,6-7,10-11,14-19H2,1-3H3. The zero-order valence-electron chi connectivity index (χ0n) is 16.6. The molecule has 0 aromatic heterocycles. The zero-order valence-corrected chi connectivity index (χ0v) is 17.4. The fraction of sp³-hybridized carbons (Fsp3) is 0.727. The maximum Gasteiger partial charge on any atom is 0.0185 e. The van der Waals surface area contributed by atoms with E-state index in [1.54, 1.807) is 0 Å². The van der Waals surface area contributed by atoms with Gasteiger partial charge in [0.25, 0.3) is 0 Å². The van der Waals surface area contributed by atoms with Crippen LogP contribution >= 0.6 is 11.8 Å². The van der Waals surface area contributed by atoms with E-state index in [2.05, 4.69) is 61.3 Å². The molecule has 142 valence electrons. The maximum absolute atomic E-state index is 3.65. The molecule has 2 rings (SSSR count). The molecule has 0 atom stereocenters. The second kappa shape index (κ2) is 11.3. The Morgan fingerprint density at radius 1 is 1.04 bits per heavy atom. The highest BCUT2D eigenvalue weighted by Crippen LogP contribution is 2.26. The molecular weight excluding hydrogens is 324 g/mol. The summed E-state index contributed by atoms with van der Waals surface area (Å²) in [6.07, 6.45) is 7.22. The van der Waals surface area contributed by atoms with E-state index in [0.717, 1.165) is 24.8 Å². The number of hydrogen-bond donors (Lipinski definition) is 1. The van der Waals surface area contributed by atoms with Crippen molar-refractivity contribution in [1.82, 2.24) is 10.2 Å². The summed E-state index contributed by atoms with van der Waals surface area (Å²) in [6.45, 7) is 11.8. The summed E-state index contributed by atoms with van der Waals surface area (Å²) in [5.41, 5.74) is 1.71. The number of nitrogens with zero attached hydrogens (tertiary/aromatic N) is 1. The van der Waals surface area contributed by atoms with E-state index in [9.17, 15) is 0 Å². The largest absolute Gasteiger partial charge is 0.315 e. The lowest BCUT2D eigenvalue weighted by Gasteiger charge is -2.39. The van der Waals surface area contributed by atoms with Crippen molar-refractivity contribution in [2.24, 2.45) is 5.92 Å². The summed E-state index contributed by atoms with van der Waals surface area (Å²) < 4.78 is 0. The summed E-state index contributed by atoms with van der Waals surface area (Å²) in [7, 11) is 0. The van der Waals surface area contributed by atoms with Crippen LogP contribution in [0.2, 0.25) is 0 Å². The average molecular weight is 363 g/mol. The third-order valence-corrected chi connectivity index (χ3v) is 6.28. The van der Waals surface area contributed by atoms with Crippen LogP contribution in [0.1, 0.15) is 58.4 Å². The maximum atomic E-state index is 3.65. The number of rotatable bonds is 10. The van der Waals surface area contributed by atoms with E-state index < -0.39 is 0 Å². The molecule has 2 nitrogen and oxygen atoms in total. The Labute approximate surface area is 160 Å². The fourth-order valence-electron chi connectivity index (χ4n) is 3.63. The van der Waals surface area contributed by atoms with Crippen LogP contribution in [-0.4, -0.2) is 42.4 Å². The average Bonchev–Trinajstić information content (AvgIpc) is 2.61. The van der Waals surface area contributed by atoms with Gasteiger partial charge in [-0.05, 0) is 45.1 Å². The van der Waals surface area contributed by atoms with E-state index in [0.29, 0.717) is 0 Å². The van der Waals surface area contributed by atoms with Gasteiger partial charge in [-0.3, -0.25) is 4.90 Å². The summed E-state index contributed by atoms with van der Waals surface area (Å²) in [5.74, 6) is 3.24. The van der Waals surface area contributed by atoms with E-state index in [1.165, 1.54) is 56.5 Å². The molecule has 0 spiro atoms. The van der Waals surface area contributed by atoms with Crippen molar-refractivity contribution < 1.29 is 0 Å². The van der Waals surface area contributed by atoms with Crippen molar-refractivity contribution >= 4 is 11.8 Å². The SMILES string of the molecule is CC(C)(C)N(CCNCCSCc1ccccc1)CC1CCCCC1. The third-order valence-electron chi connectivity index (χ3n) is 5.25. The molecule has 1 fully saturated rings. The Morgan fingerprint density at radius 2 is 1.76 bits per heavy atom. The van der Waals surface area contributed by atoms with Gasteiger partial charge in [0.15, 0.2) is 0 Å². The van der Waals surface area contributed by atoms with Crippen LogP contribution in [0.25, 0.3) is 0 Å². The van der Waals surface area contributed by atoms with E-state index in [-0.39, 0.29) is 5.54 Å². The first kappa shape index (κ1) is 20.8. The molecule has 1 aliphatic carbocycles. The Hall–Kier alpha value is -0.510. The lowest BCUT2D eigenvalue weighted by Crippen LogP contribution is -2.47. The predicted molar refractivity (Wildman–Crippen MR) is 113 cm³/mol. The van der Waals surface area contributed by atoms with Gasteiger partial charge in [0.2, 0.25) is 0 Å². The van der Waals surface area contributed by atoms with Crippen LogP contribution in [-0.2, 0) is 5.75 Å². The Bertz CT molecular complexity index is 449. The number of nitrogens with one attached hydrogen (secondary N) is 1. The molecule has 1 saturated carbocycles. The molecule has 1 aliphatic rings. The summed E-state index contributed by atoms with van der Waals surface area (Å²) in [6, 6.07) is 10.8. The summed E-state index contributed by atoms with van der Waals surface area (Å²) in [5, 5.41) is 3.65. The molecule has 0 radical (unpaired) electrons. The highest BCUT2D eigenvalue weighted by molar-refractivity contribution is 7.98. The number of benzene rings is 1. The molecule has 0 heterocycles. The van der Waals surface area contributed by atoms with Gasteiger partial charge in [0.05, 0.1) is 0 Å². The Kier molecular flexibility index (Phi) is 9.36. The zero-order chi connectivity index (χ0) is 18.0. The van der Waals surface area contributed by atoms with Crippen molar-refractivity contribution in [1.29, 1.82) is 0 Å².